The molecule has 0 spiro atoms. The third kappa shape index (κ3) is 3.89. The summed E-state index contributed by atoms with van der Waals surface area (Å²) in [4.78, 5) is 0. The monoisotopic (exact) mass is 266 g/mol. The summed E-state index contributed by atoms with van der Waals surface area (Å²) in [7, 11) is 0. The van der Waals surface area contributed by atoms with Gasteiger partial charge in [-0.1, -0.05) is 37.4 Å². The van der Waals surface area contributed by atoms with Crippen LogP contribution in [-0.4, -0.2) is 6.04 Å². The molecule has 0 amide bonds. The van der Waals surface area contributed by atoms with Crippen LogP contribution in [0, 0.1) is 5.92 Å². The second-order valence-corrected chi connectivity index (χ2v) is 5.95. The predicted octanol–water partition coefficient (Wildman–Crippen LogP) is 3.98. The van der Waals surface area contributed by atoms with Gasteiger partial charge in [-0.2, -0.15) is 0 Å². The van der Waals surface area contributed by atoms with Crippen LogP contribution in [0.1, 0.15) is 44.6 Å². The lowest BCUT2D eigenvalue weighted by Gasteiger charge is -2.16. The molecule has 0 heterocycles. The molecule has 1 saturated carbocycles. The molecule has 0 saturated heterocycles. The Bertz CT molecular complexity index is 392. The summed E-state index contributed by atoms with van der Waals surface area (Å²) in [6.07, 6.45) is 6.67. The van der Waals surface area contributed by atoms with E-state index in [0.29, 0.717) is 16.8 Å². The number of rotatable bonds is 3. The predicted molar refractivity (Wildman–Crippen MR) is 78.7 cm³/mol. The Labute approximate surface area is 115 Å². The Hall–Kier alpha value is -0.730. The number of nitrogen functional groups attached to an aromatic ring is 1. The normalized spacial score (nSPS) is 24.8. The molecule has 2 atom stereocenters. The molecule has 1 aliphatic rings. The quantitative estimate of drug-likeness (QED) is 0.642. The molecule has 2 unspecified atom stereocenters. The molecule has 2 rings (SSSR count). The second kappa shape index (κ2) is 6.44. The van der Waals surface area contributed by atoms with Gasteiger partial charge in [-0.05, 0) is 42.9 Å². The first kappa shape index (κ1) is 13.7. The molecule has 3 N–H and O–H groups in total. The van der Waals surface area contributed by atoms with Crippen molar-refractivity contribution in [1.82, 2.24) is 5.32 Å². The third-order valence-electron chi connectivity index (χ3n) is 3.91. The number of nitrogens with two attached hydrogens (primary N) is 1. The van der Waals surface area contributed by atoms with Gasteiger partial charge in [-0.3, -0.25) is 0 Å². The molecule has 1 aromatic rings. The Kier molecular flexibility index (Phi) is 4.90. The average molecular weight is 267 g/mol. The largest absolute Gasteiger partial charge is 0.398 e. The minimum absolute atomic E-state index is 0.641. The second-order valence-electron chi connectivity index (χ2n) is 5.55. The summed E-state index contributed by atoms with van der Waals surface area (Å²) in [5.41, 5.74) is 7.70. The summed E-state index contributed by atoms with van der Waals surface area (Å²) < 4.78 is 0. The van der Waals surface area contributed by atoms with Crippen molar-refractivity contribution >= 4 is 17.3 Å². The first-order chi connectivity index (χ1) is 8.65. The summed E-state index contributed by atoms with van der Waals surface area (Å²) in [5.74, 6) is 0.892. The number of anilines is 1. The van der Waals surface area contributed by atoms with Crippen molar-refractivity contribution in [2.24, 2.45) is 5.92 Å². The summed E-state index contributed by atoms with van der Waals surface area (Å²) in [5, 5.41) is 4.29. The van der Waals surface area contributed by atoms with Crippen LogP contribution in [0.15, 0.2) is 18.2 Å². The van der Waals surface area contributed by atoms with Gasteiger partial charge >= 0.3 is 0 Å². The van der Waals surface area contributed by atoms with Gasteiger partial charge in [0.1, 0.15) is 0 Å². The first-order valence-electron chi connectivity index (χ1n) is 6.92. The van der Waals surface area contributed by atoms with E-state index in [-0.39, 0.29) is 0 Å². The van der Waals surface area contributed by atoms with Crippen LogP contribution >= 0.6 is 11.6 Å². The van der Waals surface area contributed by atoms with Gasteiger partial charge in [0.15, 0.2) is 0 Å². The topological polar surface area (TPSA) is 38.0 Å². The van der Waals surface area contributed by atoms with Gasteiger partial charge in [0.25, 0.3) is 0 Å². The van der Waals surface area contributed by atoms with E-state index < -0.39 is 0 Å². The van der Waals surface area contributed by atoms with Gasteiger partial charge in [0, 0.05) is 12.6 Å². The highest BCUT2D eigenvalue weighted by Crippen LogP contribution is 2.23. The molecule has 100 valence electrons. The van der Waals surface area contributed by atoms with Crippen LogP contribution in [0.4, 0.5) is 5.69 Å². The fraction of sp³-hybridized carbons (Fsp3) is 0.600. The summed E-state index contributed by atoms with van der Waals surface area (Å²) in [6.45, 7) is 3.25. The van der Waals surface area contributed by atoms with Crippen molar-refractivity contribution in [2.75, 3.05) is 5.73 Å². The fourth-order valence-corrected chi connectivity index (χ4v) is 2.77. The van der Waals surface area contributed by atoms with Gasteiger partial charge in [0.2, 0.25) is 0 Å². The highest BCUT2D eigenvalue weighted by atomic mass is 35.5. The van der Waals surface area contributed by atoms with Crippen molar-refractivity contribution in [3.05, 3.63) is 28.8 Å². The Morgan fingerprint density at radius 1 is 1.28 bits per heavy atom. The number of hydrogen-bond acceptors (Lipinski definition) is 2. The minimum Gasteiger partial charge on any atom is -0.398 e. The van der Waals surface area contributed by atoms with Gasteiger partial charge < -0.3 is 11.1 Å². The van der Waals surface area contributed by atoms with Gasteiger partial charge in [0.05, 0.1) is 10.7 Å². The van der Waals surface area contributed by atoms with E-state index in [1.165, 1.54) is 37.7 Å². The van der Waals surface area contributed by atoms with E-state index in [0.717, 1.165) is 12.5 Å². The number of halogens is 1. The number of hydrogen-bond donors (Lipinski definition) is 2. The van der Waals surface area contributed by atoms with Crippen molar-refractivity contribution in [3.63, 3.8) is 0 Å². The minimum atomic E-state index is 0.641. The molecule has 0 aliphatic heterocycles. The molecule has 2 nitrogen and oxygen atoms in total. The summed E-state index contributed by atoms with van der Waals surface area (Å²) in [6, 6.07) is 6.55. The smallest absolute Gasteiger partial charge is 0.0635 e. The SMILES string of the molecule is CC1CCCC(NCc2ccc(Cl)c(N)c2)CC1. The maximum absolute atomic E-state index is 5.92. The van der Waals surface area contributed by atoms with E-state index in [1.807, 2.05) is 18.2 Å². The lowest BCUT2D eigenvalue weighted by atomic mass is 10.0. The van der Waals surface area contributed by atoms with E-state index >= 15 is 0 Å². The van der Waals surface area contributed by atoms with E-state index in [4.69, 9.17) is 17.3 Å². The van der Waals surface area contributed by atoms with E-state index in [1.54, 1.807) is 0 Å². The van der Waals surface area contributed by atoms with E-state index in [2.05, 4.69) is 12.2 Å². The highest BCUT2D eigenvalue weighted by molar-refractivity contribution is 6.33. The maximum Gasteiger partial charge on any atom is 0.0635 e. The molecule has 1 aliphatic carbocycles. The van der Waals surface area contributed by atoms with Crippen molar-refractivity contribution < 1.29 is 0 Å². The van der Waals surface area contributed by atoms with Crippen LogP contribution < -0.4 is 11.1 Å². The molecule has 1 aromatic carbocycles. The van der Waals surface area contributed by atoms with Crippen LogP contribution in [0.2, 0.25) is 5.02 Å². The van der Waals surface area contributed by atoms with Gasteiger partial charge in [-0.15, -0.1) is 0 Å². The molecule has 1 fully saturated rings. The fourth-order valence-electron chi connectivity index (χ4n) is 2.66. The number of benzene rings is 1. The molecule has 0 aromatic heterocycles. The zero-order valence-corrected chi connectivity index (χ0v) is 11.8. The molecule has 18 heavy (non-hydrogen) atoms. The van der Waals surface area contributed by atoms with Crippen LogP contribution in [0.25, 0.3) is 0 Å². The van der Waals surface area contributed by atoms with Gasteiger partial charge in [-0.25, -0.2) is 0 Å². The van der Waals surface area contributed by atoms with Crippen LogP contribution in [0.5, 0.6) is 0 Å². The number of nitrogens with one attached hydrogen (secondary N) is 1. The van der Waals surface area contributed by atoms with Crippen LogP contribution in [-0.2, 0) is 6.54 Å². The Balaban J connectivity index is 1.85. The first-order valence-corrected chi connectivity index (χ1v) is 7.30. The lowest BCUT2D eigenvalue weighted by molar-refractivity contribution is 0.447. The molecule has 0 radical (unpaired) electrons. The average Bonchev–Trinajstić information content (AvgIpc) is 2.56. The molecular weight excluding hydrogens is 244 g/mol. The van der Waals surface area contributed by atoms with Crippen LogP contribution in [0.3, 0.4) is 0 Å². The maximum atomic E-state index is 5.92. The molecule has 0 bridgehead atoms. The zero-order chi connectivity index (χ0) is 13.0. The molecular formula is C15H23ClN2. The third-order valence-corrected chi connectivity index (χ3v) is 4.26. The summed E-state index contributed by atoms with van der Waals surface area (Å²) >= 11 is 5.92. The Morgan fingerprint density at radius 2 is 2.11 bits per heavy atom. The zero-order valence-electron chi connectivity index (χ0n) is 11.1. The highest BCUT2D eigenvalue weighted by Gasteiger charge is 2.15. The van der Waals surface area contributed by atoms with Crippen molar-refractivity contribution in [1.29, 1.82) is 0 Å². The standard InChI is InChI=1S/C15H23ClN2/c1-11-3-2-4-13(7-5-11)18-10-12-6-8-14(16)15(17)9-12/h6,8-9,11,13,18H,2-5,7,10,17H2,1H3. The van der Waals surface area contributed by atoms with E-state index in [9.17, 15) is 0 Å². The lowest BCUT2D eigenvalue weighted by Crippen LogP contribution is -2.27. The molecule has 3 heteroatoms. The Morgan fingerprint density at radius 3 is 2.89 bits per heavy atom. The van der Waals surface area contributed by atoms with Crippen molar-refractivity contribution in [3.8, 4) is 0 Å². The van der Waals surface area contributed by atoms with Crippen molar-refractivity contribution in [2.45, 2.75) is 51.6 Å².